The molecule has 3 aliphatic rings. The first-order chi connectivity index (χ1) is 18.9. The summed E-state index contributed by atoms with van der Waals surface area (Å²) in [7, 11) is 4.48. The highest BCUT2D eigenvalue weighted by Crippen LogP contribution is 2.54. The summed E-state index contributed by atoms with van der Waals surface area (Å²) in [6.45, 7) is 4.56. The summed E-state index contributed by atoms with van der Waals surface area (Å²) >= 11 is 0. The average molecular weight is 542 g/mol. The van der Waals surface area contributed by atoms with Gasteiger partial charge in [-0.05, 0) is 42.9 Å². The molecule has 1 saturated heterocycles. The molecule has 2 N–H and O–H groups in total. The van der Waals surface area contributed by atoms with Crippen LogP contribution < -0.4 is 19.7 Å². The molecular weight excluding hydrogens is 504 g/mol. The number of piperidine rings is 1. The number of likely N-dealkylation sites (tertiary alicyclic amines) is 1. The maximum atomic E-state index is 15.3. The van der Waals surface area contributed by atoms with Crippen LogP contribution >= 0.6 is 0 Å². The van der Waals surface area contributed by atoms with Crippen molar-refractivity contribution >= 4 is 17.5 Å². The van der Waals surface area contributed by atoms with Crippen molar-refractivity contribution in [3.05, 3.63) is 53.0 Å². The van der Waals surface area contributed by atoms with Gasteiger partial charge in [-0.1, -0.05) is 0 Å². The first kappa shape index (κ1) is 27.3. The summed E-state index contributed by atoms with van der Waals surface area (Å²) in [5.41, 5.74) is 3.16. The summed E-state index contributed by atoms with van der Waals surface area (Å²) in [6.07, 6.45) is 9.27. The molecule has 1 aromatic heterocycles. The largest absolute Gasteiger partial charge is 0.493 e. The highest BCUT2D eigenvalue weighted by Gasteiger charge is 2.50. The molecule has 39 heavy (non-hydrogen) atoms. The number of hydrogen-bond acceptors (Lipinski definition) is 8. The highest BCUT2D eigenvalue weighted by molar-refractivity contribution is 6.07. The molecule has 3 heterocycles. The van der Waals surface area contributed by atoms with Crippen molar-refractivity contribution in [3.63, 3.8) is 0 Å². The van der Waals surface area contributed by atoms with Gasteiger partial charge in [-0.3, -0.25) is 4.98 Å². The zero-order valence-corrected chi connectivity index (χ0v) is 22.9. The predicted molar refractivity (Wildman–Crippen MR) is 147 cm³/mol. The van der Waals surface area contributed by atoms with E-state index in [1.165, 1.54) is 26.5 Å². The van der Waals surface area contributed by atoms with Crippen LogP contribution in [0.4, 0.5) is 14.5 Å². The molecule has 10 heteroatoms. The fourth-order valence-electron chi connectivity index (χ4n) is 5.82. The quantitative estimate of drug-likeness (QED) is 0.346. The van der Waals surface area contributed by atoms with Gasteiger partial charge in [0, 0.05) is 82.0 Å². The second-order valence-electron chi connectivity index (χ2n) is 10.6. The molecule has 2 aromatic rings. The van der Waals surface area contributed by atoms with E-state index in [0.717, 1.165) is 68.7 Å². The smallest absolute Gasteiger partial charge is 0.191 e. The summed E-state index contributed by atoms with van der Waals surface area (Å²) in [6, 6.07) is 3.28. The van der Waals surface area contributed by atoms with Gasteiger partial charge in [-0.2, -0.15) is 0 Å². The van der Waals surface area contributed by atoms with E-state index in [4.69, 9.17) is 19.6 Å². The Balaban J connectivity index is 1.32. The Hall–Kier alpha value is -3.24. The lowest BCUT2D eigenvalue weighted by Gasteiger charge is -2.37. The number of methoxy groups -OCH3 is 3. The molecule has 0 bridgehead atoms. The van der Waals surface area contributed by atoms with Crippen molar-refractivity contribution in [2.75, 3.05) is 59.0 Å². The molecule has 2 fully saturated rings. The fourth-order valence-corrected chi connectivity index (χ4v) is 5.82. The van der Waals surface area contributed by atoms with E-state index in [0.29, 0.717) is 24.8 Å². The maximum absolute atomic E-state index is 15.3. The number of benzene rings is 1. The molecule has 2 aliphatic heterocycles. The molecular formula is C29H37F2N5O3. The number of rotatable bonds is 10. The molecule has 0 unspecified atom stereocenters. The van der Waals surface area contributed by atoms with Gasteiger partial charge in [0.25, 0.3) is 0 Å². The van der Waals surface area contributed by atoms with Gasteiger partial charge in [-0.25, -0.2) is 8.78 Å². The van der Waals surface area contributed by atoms with Gasteiger partial charge in [0.1, 0.15) is 5.69 Å². The third-order valence-electron chi connectivity index (χ3n) is 8.28. The van der Waals surface area contributed by atoms with E-state index < -0.39 is 11.6 Å². The lowest BCUT2D eigenvalue weighted by Crippen LogP contribution is -2.39. The van der Waals surface area contributed by atoms with Gasteiger partial charge in [0.2, 0.25) is 0 Å². The molecule has 1 spiro atoms. The van der Waals surface area contributed by atoms with E-state index >= 15 is 8.78 Å². The monoisotopic (exact) mass is 541 g/mol. The molecule has 210 valence electrons. The Labute approximate surface area is 228 Å². The molecule has 0 atom stereocenters. The van der Waals surface area contributed by atoms with Crippen LogP contribution in [0, 0.1) is 17.0 Å². The zero-order chi connectivity index (χ0) is 27.6. The topological polar surface area (TPSA) is 82.9 Å². The summed E-state index contributed by atoms with van der Waals surface area (Å²) in [4.78, 5) is 8.79. The second-order valence-corrected chi connectivity index (χ2v) is 10.6. The predicted octanol–water partition coefficient (Wildman–Crippen LogP) is 4.12. The third-order valence-corrected chi connectivity index (χ3v) is 8.28. The molecule has 1 saturated carbocycles. The molecule has 8 nitrogen and oxygen atoms in total. The number of nitrogens with one attached hydrogen (secondary N) is 2. The van der Waals surface area contributed by atoms with Crippen LogP contribution in [-0.2, 0) is 16.7 Å². The van der Waals surface area contributed by atoms with Crippen LogP contribution in [0.3, 0.4) is 0 Å². The van der Waals surface area contributed by atoms with Crippen molar-refractivity contribution in [1.29, 1.82) is 5.41 Å². The third kappa shape index (κ3) is 5.45. The van der Waals surface area contributed by atoms with Crippen LogP contribution in [0.2, 0.25) is 0 Å². The van der Waals surface area contributed by atoms with E-state index in [9.17, 15) is 0 Å². The van der Waals surface area contributed by atoms with Crippen molar-refractivity contribution in [2.45, 2.75) is 43.7 Å². The van der Waals surface area contributed by atoms with Crippen molar-refractivity contribution in [3.8, 4) is 11.5 Å². The molecule has 5 rings (SSSR count). The number of nitrogens with zero attached hydrogens (tertiary/aromatic N) is 3. The Morgan fingerprint density at radius 3 is 2.41 bits per heavy atom. The van der Waals surface area contributed by atoms with Crippen molar-refractivity contribution in [1.82, 2.24) is 15.2 Å². The Bertz CT molecular complexity index is 1210. The SMILES string of the molecule is COc1cc(OC)c(F)c(N2Cc3cnc(/C(C=N)=C/NCCN4CCC(OC)CC4)cc3C3(CC3)C2)c1F. The minimum absolute atomic E-state index is 0.0555. The zero-order valence-electron chi connectivity index (χ0n) is 22.9. The van der Waals surface area contributed by atoms with E-state index in [1.54, 1.807) is 18.2 Å². The normalized spacial score (nSPS) is 19.1. The molecule has 0 amide bonds. The second kappa shape index (κ2) is 11.5. The highest BCUT2D eigenvalue weighted by atomic mass is 19.1. The molecule has 0 radical (unpaired) electrons. The standard InChI is InChI=1S/C29H37F2N5O3/c1-37-21-4-9-35(10-5-21)11-8-33-15-19(14-32)23-12-22-20(16-34-23)17-36(18-29(22)6-7-29)28-26(30)24(38-2)13-25(39-3)27(28)31/h12-16,21,32-33H,4-11,17-18H2,1-3H3/b19-15+,32-14?. The van der Waals surface area contributed by atoms with Crippen LogP contribution in [0.25, 0.3) is 5.57 Å². The first-order valence-electron chi connectivity index (χ1n) is 13.5. The van der Waals surface area contributed by atoms with Crippen LogP contribution in [0.5, 0.6) is 11.5 Å². The average Bonchev–Trinajstić information content (AvgIpc) is 3.73. The number of fused-ring (bicyclic) bond motifs is 2. The molecule has 1 aliphatic carbocycles. The first-order valence-corrected chi connectivity index (χ1v) is 13.5. The fraction of sp³-hybridized carbons (Fsp3) is 0.517. The number of pyridine rings is 1. The van der Waals surface area contributed by atoms with Gasteiger partial charge in [-0.15, -0.1) is 0 Å². The van der Waals surface area contributed by atoms with Crippen molar-refractivity contribution < 1.29 is 23.0 Å². The Morgan fingerprint density at radius 2 is 1.82 bits per heavy atom. The van der Waals surface area contributed by atoms with Crippen molar-refractivity contribution in [2.24, 2.45) is 0 Å². The number of hydrogen-bond donors (Lipinski definition) is 2. The number of ether oxygens (including phenoxy) is 3. The summed E-state index contributed by atoms with van der Waals surface area (Å²) in [5.74, 6) is -1.58. The number of allylic oxidation sites excluding steroid dienone is 1. The maximum Gasteiger partial charge on any atom is 0.191 e. The number of halogens is 2. The van der Waals surface area contributed by atoms with Gasteiger partial charge in [0.05, 0.1) is 26.0 Å². The Kier molecular flexibility index (Phi) is 8.04. The van der Waals surface area contributed by atoms with Crippen LogP contribution in [0.15, 0.2) is 24.5 Å². The van der Waals surface area contributed by atoms with Crippen LogP contribution in [-0.4, -0.2) is 76.3 Å². The molecule has 1 aromatic carbocycles. The minimum atomic E-state index is -0.734. The van der Waals surface area contributed by atoms with Gasteiger partial charge >= 0.3 is 0 Å². The number of anilines is 1. The van der Waals surface area contributed by atoms with Crippen LogP contribution in [0.1, 0.15) is 42.5 Å². The lowest BCUT2D eigenvalue weighted by atomic mass is 9.86. The van der Waals surface area contributed by atoms with E-state index in [2.05, 4.69) is 15.2 Å². The van der Waals surface area contributed by atoms with Gasteiger partial charge in [0.15, 0.2) is 23.1 Å². The number of aromatic nitrogens is 1. The lowest BCUT2D eigenvalue weighted by molar-refractivity contribution is 0.0417. The Morgan fingerprint density at radius 1 is 1.13 bits per heavy atom. The minimum Gasteiger partial charge on any atom is -0.493 e. The van der Waals surface area contributed by atoms with E-state index in [-0.39, 0.29) is 22.6 Å². The van der Waals surface area contributed by atoms with E-state index in [1.807, 2.05) is 12.3 Å². The van der Waals surface area contributed by atoms with Gasteiger partial charge < -0.3 is 34.7 Å². The summed E-state index contributed by atoms with van der Waals surface area (Å²) < 4.78 is 46.3. The summed E-state index contributed by atoms with van der Waals surface area (Å²) in [5, 5.41) is 11.3.